The number of fused-ring (bicyclic) bond motifs is 1. The molecule has 3 aromatic rings. The van der Waals surface area contributed by atoms with Crippen LogP contribution in [0, 0.1) is 33.5 Å². The number of hydrogen-bond donors (Lipinski definition) is 4. The predicted molar refractivity (Wildman–Crippen MR) is 205 cm³/mol. The van der Waals surface area contributed by atoms with Gasteiger partial charge in [-0.15, -0.1) is 11.3 Å². The molecule has 55 heavy (non-hydrogen) atoms. The molecule has 3 saturated carbocycles. The molecule has 2 bridgehead atoms. The molecule has 7 nitrogen and oxygen atoms in total. The second-order valence-corrected chi connectivity index (χ2v) is 18.8. The van der Waals surface area contributed by atoms with E-state index in [1.165, 1.54) is 23.1 Å². The predicted octanol–water partition coefficient (Wildman–Crippen LogP) is 8.35. The Balaban J connectivity index is 1.18. The number of alkyl halides is 3. The monoisotopic (exact) mass is 799 g/mol. The van der Waals surface area contributed by atoms with E-state index in [-0.39, 0.29) is 58.3 Å². The summed E-state index contributed by atoms with van der Waals surface area (Å²) < 4.78 is 47.1. The number of furan rings is 1. The summed E-state index contributed by atoms with van der Waals surface area (Å²) >= 11 is 8.03. The third kappa shape index (κ3) is 6.05. The highest BCUT2D eigenvalue weighted by molar-refractivity contribution is 7.09. The molecule has 0 saturated heterocycles. The summed E-state index contributed by atoms with van der Waals surface area (Å²) in [6, 6.07) is 10.1. The topological polar surface area (TPSA) is 114 Å². The van der Waals surface area contributed by atoms with Crippen molar-refractivity contribution in [3.63, 3.8) is 0 Å². The average molecular weight is 800 g/mol. The highest BCUT2D eigenvalue weighted by Crippen LogP contribution is 2.78. The van der Waals surface area contributed by atoms with E-state index in [0.29, 0.717) is 44.3 Å². The third-order valence-corrected chi connectivity index (χ3v) is 16.0. The molecule has 3 fully saturated rings. The van der Waals surface area contributed by atoms with Crippen LogP contribution in [0.25, 0.3) is 11.3 Å². The summed E-state index contributed by atoms with van der Waals surface area (Å²) in [6.07, 6.45) is 5.67. The largest absolute Gasteiger partial charge is 0.453 e. The van der Waals surface area contributed by atoms with E-state index in [1.807, 2.05) is 11.4 Å². The molecule has 0 aliphatic heterocycles. The Hall–Kier alpha value is -2.77. The summed E-state index contributed by atoms with van der Waals surface area (Å²) in [6.45, 7) is 5.16. The number of aliphatic hydroxyl groups is 4. The van der Waals surface area contributed by atoms with Gasteiger partial charge in [0.05, 0.1) is 35.0 Å². The maximum Gasteiger partial charge on any atom is 0.416 e. The van der Waals surface area contributed by atoms with Crippen molar-refractivity contribution in [1.29, 1.82) is 0 Å². The summed E-state index contributed by atoms with van der Waals surface area (Å²) in [5.41, 5.74) is -3.70. The lowest BCUT2D eigenvalue weighted by Crippen LogP contribution is -2.67. The molecule has 0 radical (unpaired) electrons. The number of halogens is 4. The minimum atomic E-state index is -4.59. The smallest absolute Gasteiger partial charge is 0.416 e. The first-order valence-electron chi connectivity index (χ1n) is 19.4. The van der Waals surface area contributed by atoms with Gasteiger partial charge >= 0.3 is 6.18 Å². The van der Waals surface area contributed by atoms with Gasteiger partial charge in [-0.2, -0.15) is 13.2 Å². The van der Waals surface area contributed by atoms with Crippen LogP contribution in [-0.2, 0) is 12.6 Å². The van der Waals surface area contributed by atoms with Crippen LogP contribution in [0.3, 0.4) is 0 Å². The van der Waals surface area contributed by atoms with E-state index in [0.717, 1.165) is 37.8 Å². The van der Waals surface area contributed by atoms with E-state index >= 15 is 4.79 Å². The highest BCUT2D eigenvalue weighted by atomic mass is 35.5. The first kappa shape index (κ1) is 39.1. The fraction of sp³-hybridized carbons (Fsp3) is 0.558. The van der Waals surface area contributed by atoms with Crippen LogP contribution in [0.15, 0.2) is 76.1 Å². The summed E-state index contributed by atoms with van der Waals surface area (Å²) in [5.74, 6) is -0.421. The Morgan fingerprint density at radius 1 is 1.05 bits per heavy atom. The Labute approximate surface area is 328 Å². The van der Waals surface area contributed by atoms with Crippen LogP contribution in [0.5, 0.6) is 0 Å². The minimum Gasteiger partial charge on any atom is -0.453 e. The van der Waals surface area contributed by atoms with Gasteiger partial charge in [-0.3, -0.25) is 9.69 Å². The van der Waals surface area contributed by atoms with Gasteiger partial charge in [-0.25, -0.2) is 0 Å². The first-order valence-corrected chi connectivity index (χ1v) is 20.6. The highest BCUT2D eigenvalue weighted by Gasteiger charge is 2.74. The molecule has 0 amide bonds. The summed E-state index contributed by atoms with van der Waals surface area (Å²) in [7, 11) is 0. The molecule has 296 valence electrons. The number of hydrogen-bond acceptors (Lipinski definition) is 8. The summed E-state index contributed by atoms with van der Waals surface area (Å²) in [5, 5.41) is 46.4. The number of allylic oxidation sites excluding steroid dienone is 4. The first-order chi connectivity index (χ1) is 26.0. The number of Topliss-reactive ketones (excluding diaryl/α,β-unsaturated/α-hetero) is 1. The van der Waals surface area contributed by atoms with E-state index < -0.39 is 45.8 Å². The van der Waals surface area contributed by atoms with E-state index in [2.05, 4.69) is 43.0 Å². The normalized spacial score (nSPS) is 35.7. The fourth-order valence-corrected chi connectivity index (χ4v) is 12.8. The van der Waals surface area contributed by atoms with Gasteiger partial charge < -0.3 is 24.8 Å². The van der Waals surface area contributed by atoms with Crippen molar-refractivity contribution < 1.29 is 42.8 Å². The zero-order valence-electron chi connectivity index (χ0n) is 31.1. The molecule has 4 N–H and O–H groups in total. The molecular weight excluding hydrogens is 751 g/mol. The van der Waals surface area contributed by atoms with Gasteiger partial charge in [-0.05, 0) is 110 Å². The minimum absolute atomic E-state index is 0.00320. The Morgan fingerprint density at radius 3 is 2.53 bits per heavy atom. The van der Waals surface area contributed by atoms with Gasteiger partial charge in [0.2, 0.25) is 5.78 Å². The maximum absolute atomic E-state index is 15.0. The van der Waals surface area contributed by atoms with Crippen molar-refractivity contribution >= 4 is 28.7 Å². The molecule has 1 aromatic carbocycles. The quantitative estimate of drug-likeness (QED) is 0.114. The van der Waals surface area contributed by atoms with Crippen molar-refractivity contribution in [1.82, 2.24) is 4.90 Å². The maximum atomic E-state index is 15.0. The number of carbonyl (C=O) groups is 1. The zero-order valence-corrected chi connectivity index (χ0v) is 32.7. The van der Waals surface area contributed by atoms with Crippen LogP contribution in [0.4, 0.5) is 13.2 Å². The van der Waals surface area contributed by atoms with Gasteiger partial charge in [0.25, 0.3) is 0 Å². The second kappa shape index (κ2) is 13.7. The standard InChI is InChI=1S/C43H49ClF3NO6S/c1-38-13-9-27(50)21-40(38)16-17-42(31(22-40)37(52)34-8-7-33(54-34)30-20-26(43(45,46)47)5-6-32(30)44)35(38)10-14-39(2)36(42)11-15-41(39,53)25-48(23-28(51)24-49)18-12-29-4-3-19-55-29/h3-8,16-17,19-20,22,27-28,35-36,49-51,53H,9-15,18,21,23-25H2,1-2H3/t27?,28-,35+,36+,38+,39-,40-,41+,42+/m0/s1. The van der Waals surface area contributed by atoms with Crippen molar-refractivity contribution in [3.05, 3.63) is 92.9 Å². The lowest BCUT2D eigenvalue weighted by molar-refractivity contribution is -0.177. The number of benzene rings is 1. The molecule has 2 heterocycles. The van der Waals surface area contributed by atoms with Gasteiger partial charge in [0, 0.05) is 51.9 Å². The molecule has 1 unspecified atom stereocenters. The third-order valence-electron chi connectivity index (χ3n) is 14.8. The van der Waals surface area contributed by atoms with Crippen LogP contribution in [0.2, 0.25) is 5.02 Å². The van der Waals surface area contributed by atoms with Crippen LogP contribution in [-0.4, -0.2) is 75.2 Å². The second-order valence-electron chi connectivity index (χ2n) is 17.4. The van der Waals surface area contributed by atoms with Crippen molar-refractivity contribution in [2.45, 2.75) is 89.2 Å². The molecule has 2 aromatic heterocycles. The van der Waals surface area contributed by atoms with Crippen molar-refractivity contribution in [3.8, 4) is 11.3 Å². The SMILES string of the molecule is C[C@]12CC[C@H]3[C@]4(C=C[C@@]5(C=C4C(=O)c4ccc(-c6cc(C(F)(F)F)ccc6Cl)o4)CC(O)CC[C@]35C)[C@@H]1CC[C@@]2(O)CN(CCc1cccs1)C[C@H](O)CO. The van der Waals surface area contributed by atoms with Crippen LogP contribution < -0.4 is 0 Å². The molecule has 9 rings (SSSR count). The molecule has 12 heteroatoms. The number of nitrogens with zero attached hydrogens (tertiary/aromatic N) is 1. The summed E-state index contributed by atoms with van der Waals surface area (Å²) in [4.78, 5) is 18.3. The Kier molecular flexibility index (Phi) is 9.71. The van der Waals surface area contributed by atoms with Crippen molar-refractivity contribution in [2.75, 3.05) is 26.2 Å². The molecule has 2 spiro atoms. The van der Waals surface area contributed by atoms with E-state index in [9.17, 15) is 33.6 Å². The Bertz CT molecular complexity index is 2010. The number of carbonyl (C=O) groups excluding carboxylic acids is 1. The van der Waals surface area contributed by atoms with E-state index in [1.54, 1.807) is 11.3 Å². The molecular formula is C43H49ClF3NO6S. The van der Waals surface area contributed by atoms with Gasteiger partial charge in [0.1, 0.15) is 5.76 Å². The van der Waals surface area contributed by atoms with Gasteiger partial charge in [-0.1, -0.05) is 49.7 Å². The average Bonchev–Trinajstić information content (AvgIpc) is 3.90. The van der Waals surface area contributed by atoms with Crippen LogP contribution in [0.1, 0.15) is 79.8 Å². The van der Waals surface area contributed by atoms with Crippen LogP contribution >= 0.6 is 22.9 Å². The zero-order chi connectivity index (χ0) is 39.2. The molecule has 6 aliphatic carbocycles. The number of aliphatic hydroxyl groups excluding tert-OH is 3. The molecule has 6 aliphatic rings. The lowest BCUT2D eigenvalue weighted by atomic mass is 9.32. The van der Waals surface area contributed by atoms with Gasteiger partial charge in [0.15, 0.2) is 5.76 Å². The fourth-order valence-electron chi connectivity index (χ4n) is 11.9. The number of thiophene rings is 1. The number of rotatable bonds is 11. The van der Waals surface area contributed by atoms with Crippen molar-refractivity contribution in [2.24, 2.45) is 33.5 Å². The molecule has 9 atom stereocenters. The lowest BCUT2D eigenvalue weighted by Gasteiger charge is -2.71. The Morgan fingerprint density at radius 2 is 1.80 bits per heavy atom. The number of ketones is 1. The van der Waals surface area contributed by atoms with E-state index in [4.69, 9.17) is 16.0 Å².